The van der Waals surface area contributed by atoms with Crippen molar-refractivity contribution in [1.29, 1.82) is 0 Å². The molecule has 0 aromatic rings. The van der Waals surface area contributed by atoms with Gasteiger partial charge in [-0.2, -0.15) is 0 Å². The van der Waals surface area contributed by atoms with Crippen molar-refractivity contribution >= 4 is 11.9 Å². The predicted octanol–water partition coefficient (Wildman–Crippen LogP) is 1.04. The Morgan fingerprint density at radius 2 is 1.75 bits per heavy atom. The van der Waals surface area contributed by atoms with Crippen LogP contribution in [0.1, 0.15) is 33.1 Å². The van der Waals surface area contributed by atoms with Gasteiger partial charge in [0.15, 0.2) is 0 Å². The van der Waals surface area contributed by atoms with Crippen LogP contribution in [0.4, 0.5) is 0 Å². The van der Waals surface area contributed by atoms with Crippen LogP contribution in [-0.2, 0) is 9.59 Å². The molecule has 5 nitrogen and oxygen atoms in total. The second kappa shape index (κ2) is 4.72. The van der Waals surface area contributed by atoms with E-state index in [1.54, 1.807) is 0 Å². The van der Waals surface area contributed by atoms with Crippen molar-refractivity contribution in [3.05, 3.63) is 0 Å². The topological polar surface area (TPSA) is 60.9 Å². The van der Waals surface area contributed by atoms with E-state index in [0.717, 1.165) is 32.6 Å². The highest BCUT2D eigenvalue weighted by Gasteiger charge is 2.66. The molecule has 0 spiro atoms. The van der Waals surface area contributed by atoms with Gasteiger partial charge in [-0.3, -0.25) is 14.5 Å². The van der Waals surface area contributed by atoms with Crippen LogP contribution >= 0.6 is 0 Å². The zero-order chi connectivity index (χ0) is 14.5. The van der Waals surface area contributed by atoms with Gasteiger partial charge in [0.25, 0.3) is 0 Å². The summed E-state index contributed by atoms with van der Waals surface area (Å²) < 4.78 is 0. The van der Waals surface area contributed by atoms with Crippen LogP contribution in [-0.4, -0.2) is 59.0 Å². The van der Waals surface area contributed by atoms with Crippen molar-refractivity contribution in [1.82, 2.24) is 9.80 Å². The minimum Gasteiger partial charge on any atom is -0.481 e. The van der Waals surface area contributed by atoms with Gasteiger partial charge in [-0.1, -0.05) is 13.8 Å². The Kier molecular flexibility index (Phi) is 3.27. The Bertz CT molecular complexity index is 429. The molecule has 1 saturated carbocycles. The lowest BCUT2D eigenvalue weighted by atomic mass is 10.1. The average Bonchev–Trinajstić information content (AvgIpc) is 2.88. The number of carboxylic acid groups (broad SMARTS) is 1. The fourth-order valence-corrected chi connectivity index (χ4v) is 4.10. The van der Waals surface area contributed by atoms with Crippen molar-refractivity contribution in [3.8, 4) is 0 Å². The van der Waals surface area contributed by atoms with Gasteiger partial charge in [-0.15, -0.1) is 0 Å². The van der Waals surface area contributed by atoms with Gasteiger partial charge in [0.05, 0.1) is 11.8 Å². The maximum absolute atomic E-state index is 12.5. The van der Waals surface area contributed by atoms with Gasteiger partial charge >= 0.3 is 5.97 Å². The molecule has 2 saturated heterocycles. The van der Waals surface area contributed by atoms with Gasteiger partial charge in [-0.05, 0) is 37.8 Å². The van der Waals surface area contributed by atoms with Gasteiger partial charge in [0.2, 0.25) is 5.91 Å². The van der Waals surface area contributed by atoms with E-state index in [1.807, 2.05) is 18.7 Å². The number of aliphatic carboxylic acids is 1. The van der Waals surface area contributed by atoms with E-state index in [9.17, 15) is 14.7 Å². The van der Waals surface area contributed by atoms with Crippen LogP contribution in [0.15, 0.2) is 0 Å². The maximum atomic E-state index is 12.5. The Morgan fingerprint density at radius 1 is 1.10 bits per heavy atom. The standard InChI is InChI=1S/C15H24N2O3/c1-15(2)11(12(15)14(19)20)13(18)17-8-5-10(9-17)16-6-3-4-7-16/h10-12H,3-9H2,1-2H3,(H,19,20). The van der Waals surface area contributed by atoms with Crippen molar-refractivity contribution in [2.45, 2.75) is 39.2 Å². The normalized spacial score (nSPS) is 36.3. The predicted molar refractivity (Wildman–Crippen MR) is 74.2 cm³/mol. The lowest BCUT2D eigenvalue weighted by Gasteiger charge is -2.23. The first-order chi connectivity index (χ1) is 9.43. The van der Waals surface area contributed by atoms with E-state index in [4.69, 9.17) is 0 Å². The minimum absolute atomic E-state index is 0.0593. The van der Waals surface area contributed by atoms with Crippen LogP contribution in [0.25, 0.3) is 0 Å². The lowest BCUT2D eigenvalue weighted by Crippen LogP contribution is -2.38. The van der Waals surface area contributed by atoms with Crippen molar-refractivity contribution in [3.63, 3.8) is 0 Å². The molecule has 3 rings (SSSR count). The molecule has 0 radical (unpaired) electrons. The van der Waals surface area contributed by atoms with E-state index in [1.165, 1.54) is 12.8 Å². The number of hydrogen-bond acceptors (Lipinski definition) is 3. The minimum atomic E-state index is -0.830. The second-order valence-corrected chi connectivity index (χ2v) is 7.08. The fraction of sp³-hybridized carbons (Fsp3) is 0.867. The third kappa shape index (κ3) is 2.12. The van der Waals surface area contributed by atoms with Gasteiger partial charge in [0, 0.05) is 19.1 Å². The summed E-state index contributed by atoms with van der Waals surface area (Å²) in [4.78, 5) is 28.1. The fourth-order valence-electron chi connectivity index (χ4n) is 4.10. The van der Waals surface area contributed by atoms with Gasteiger partial charge in [-0.25, -0.2) is 0 Å². The first kappa shape index (κ1) is 13.9. The summed E-state index contributed by atoms with van der Waals surface area (Å²) in [6, 6.07) is 0.492. The Balaban J connectivity index is 1.61. The first-order valence-electron chi connectivity index (χ1n) is 7.68. The highest BCUT2D eigenvalue weighted by Crippen LogP contribution is 2.59. The smallest absolute Gasteiger partial charge is 0.307 e. The molecule has 0 aromatic heterocycles. The van der Waals surface area contributed by atoms with Gasteiger partial charge in [0.1, 0.15) is 0 Å². The summed E-state index contributed by atoms with van der Waals surface area (Å²) in [6.07, 6.45) is 3.57. The molecule has 0 bridgehead atoms. The quantitative estimate of drug-likeness (QED) is 0.839. The Hall–Kier alpha value is -1.10. The second-order valence-electron chi connectivity index (χ2n) is 7.08. The number of amides is 1. The van der Waals surface area contributed by atoms with Crippen LogP contribution in [0, 0.1) is 17.3 Å². The van der Waals surface area contributed by atoms with Crippen LogP contribution in [0.2, 0.25) is 0 Å². The van der Waals surface area contributed by atoms with E-state index in [2.05, 4.69) is 4.90 Å². The molecule has 5 heteroatoms. The number of nitrogens with zero attached hydrogens (tertiary/aromatic N) is 2. The molecule has 3 unspecified atom stereocenters. The number of likely N-dealkylation sites (tertiary alicyclic amines) is 2. The zero-order valence-electron chi connectivity index (χ0n) is 12.3. The molecular weight excluding hydrogens is 256 g/mol. The summed E-state index contributed by atoms with van der Waals surface area (Å²) >= 11 is 0. The number of carboxylic acids is 1. The molecule has 3 fully saturated rings. The molecule has 1 amide bonds. The summed E-state index contributed by atoms with van der Waals surface area (Å²) in [5.74, 6) is -1.59. The highest BCUT2D eigenvalue weighted by atomic mass is 16.4. The molecular formula is C15H24N2O3. The number of rotatable bonds is 3. The summed E-state index contributed by atoms with van der Waals surface area (Å²) in [7, 11) is 0. The highest BCUT2D eigenvalue weighted by molar-refractivity contribution is 5.91. The summed E-state index contributed by atoms with van der Waals surface area (Å²) in [5, 5.41) is 9.20. The summed E-state index contributed by atoms with van der Waals surface area (Å²) in [6.45, 7) is 7.67. The molecule has 2 heterocycles. The monoisotopic (exact) mass is 280 g/mol. The zero-order valence-corrected chi connectivity index (χ0v) is 12.3. The van der Waals surface area contributed by atoms with Crippen LogP contribution < -0.4 is 0 Å². The van der Waals surface area contributed by atoms with E-state index in [-0.39, 0.29) is 17.2 Å². The first-order valence-corrected chi connectivity index (χ1v) is 7.68. The van der Waals surface area contributed by atoms with Crippen LogP contribution in [0.5, 0.6) is 0 Å². The largest absolute Gasteiger partial charge is 0.481 e. The Morgan fingerprint density at radius 3 is 2.30 bits per heavy atom. The lowest BCUT2D eigenvalue weighted by molar-refractivity contribution is -0.141. The molecule has 112 valence electrons. The van der Waals surface area contributed by atoms with Gasteiger partial charge < -0.3 is 10.0 Å². The molecule has 0 aromatic carbocycles. The number of carbonyl (C=O) groups is 2. The molecule has 20 heavy (non-hydrogen) atoms. The van der Waals surface area contributed by atoms with Crippen molar-refractivity contribution in [2.75, 3.05) is 26.2 Å². The molecule has 1 aliphatic carbocycles. The third-order valence-corrected chi connectivity index (χ3v) is 5.49. The van der Waals surface area contributed by atoms with E-state index < -0.39 is 11.9 Å². The van der Waals surface area contributed by atoms with Crippen molar-refractivity contribution < 1.29 is 14.7 Å². The molecule has 3 aliphatic rings. The number of hydrogen-bond donors (Lipinski definition) is 1. The molecule has 2 aliphatic heterocycles. The maximum Gasteiger partial charge on any atom is 0.307 e. The van der Waals surface area contributed by atoms with E-state index in [0.29, 0.717) is 6.04 Å². The molecule has 1 N–H and O–H groups in total. The third-order valence-electron chi connectivity index (χ3n) is 5.49. The SMILES string of the molecule is CC1(C)C(C(=O)O)C1C(=O)N1CCC(N2CCCC2)C1. The van der Waals surface area contributed by atoms with Crippen LogP contribution in [0.3, 0.4) is 0 Å². The summed E-state index contributed by atoms with van der Waals surface area (Å²) in [5.41, 5.74) is -0.380. The van der Waals surface area contributed by atoms with E-state index >= 15 is 0 Å². The number of carbonyl (C=O) groups excluding carboxylic acids is 1. The Labute approximate surface area is 119 Å². The average molecular weight is 280 g/mol. The van der Waals surface area contributed by atoms with Crippen molar-refractivity contribution in [2.24, 2.45) is 17.3 Å². The molecule has 3 atom stereocenters.